The average molecular weight is 1190 g/mol. The molecule has 0 aliphatic carbocycles. The third kappa shape index (κ3) is 47.8. The van der Waals surface area contributed by atoms with Crippen LogP contribution in [-0.4, -0.2) is 99.6 Å². The zero-order valence-electron chi connectivity index (χ0n) is 53.9. The molecule has 11 nitrogen and oxygen atoms in total. The molecule has 0 spiro atoms. The van der Waals surface area contributed by atoms with Gasteiger partial charge in [0.05, 0.1) is 25.4 Å². The molecule has 1 aliphatic heterocycles. The normalized spacial score (nSPS) is 19.2. The van der Waals surface area contributed by atoms with Gasteiger partial charge in [-0.25, -0.2) is 0 Å². The summed E-state index contributed by atoms with van der Waals surface area (Å²) in [6.45, 7) is 5.62. The number of amides is 1. The first-order valence-corrected chi connectivity index (χ1v) is 34.3. The van der Waals surface area contributed by atoms with Crippen molar-refractivity contribution in [3.63, 3.8) is 0 Å². The molecule has 8 unspecified atom stereocenters. The molecule has 1 heterocycles. The van der Waals surface area contributed by atoms with Crippen molar-refractivity contribution in [1.29, 1.82) is 0 Å². The minimum absolute atomic E-state index is 0.110. The van der Waals surface area contributed by atoms with Crippen LogP contribution in [0.15, 0.2) is 122 Å². The zero-order valence-corrected chi connectivity index (χ0v) is 53.9. The third-order valence-corrected chi connectivity index (χ3v) is 15.3. The van der Waals surface area contributed by atoms with E-state index in [-0.39, 0.29) is 19.4 Å². The minimum atomic E-state index is -1.63. The summed E-state index contributed by atoms with van der Waals surface area (Å²) in [5.41, 5.74) is 0. The Bertz CT molecular complexity index is 1850. The van der Waals surface area contributed by atoms with Gasteiger partial charge in [-0.3, -0.25) is 9.59 Å². The molecule has 11 heteroatoms. The van der Waals surface area contributed by atoms with Gasteiger partial charge in [-0.1, -0.05) is 271 Å². The van der Waals surface area contributed by atoms with Crippen molar-refractivity contribution in [1.82, 2.24) is 5.32 Å². The third-order valence-electron chi connectivity index (χ3n) is 15.3. The molecule has 1 aliphatic rings. The van der Waals surface area contributed by atoms with Crippen molar-refractivity contribution in [3.8, 4) is 0 Å². The lowest BCUT2D eigenvalue weighted by molar-refractivity contribution is -0.305. The van der Waals surface area contributed by atoms with E-state index < -0.39 is 67.4 Å². The van der Waals surface area contributed by atoms with Crippen LogP contribution in [0, 0.1) is 0 Å². The van der Waals surface area contributed by atoms with E-state index in [0.717, 1.165) is 103 Å². The number of rotatable bonds is 57. The number of aliphatic hydroxyl groups is 5. The number of nitrogens with one attached hydrogen (secondary N) is 1. The predicted octanol–water partition coefficient (Wildman–Crippen LogP) is 17.4. The van der Waals surface area contributed by atoms with Gasteiger partial charge in [0.15, 0.2) is 12.4 Å². The molecule has 1 saturated heterocycles. The highest BCUT2D eigenvalue weighted by Crippen LogP contribution is 2.26. The van der Waals surface area contributed by atoms with E-state index in [2.05, 4.69) is 129 Å². The topological polar surface area (TPSA) is 175 Å². The van der Waals surface area contributed by atoms with Crippen LogP contribution in [0.3, 0.4) is 0 Å². The van der Waals surface area contributed by atoms with Crippen LogP contribution >= 0.6 is 0 Å². The summed E-state index contributed by atoms with van der Waals surface area (Å²) in [4.78, 5) is 26.6. The Morgan fingerprint density at radius 2 is 0.847 bits per heavy atom. The Morgan fingerprint density at radius 3 is 1.29 bits per heavy atom. The fraction of sp³-hybridized carbons (Fsp3) is 0.703. The van der Waals surface area contributed by atoms with E-state index in [1.807, 2.05) is 12.2 Å². The van der Waals surface area contributed by atoms with Gasteiger partial charge < -0.3 is 45.1 Å². The molecule has 0 bridgehead atoms. The molecule has 0 aromatic rings. The number of hydrogen-bond acceptors (Lipinski definition) is 10. The lowest BCUT2D eigenvalue weighted by Gasteiger charge is -2.41. The Morgan fingerprint density at radius 1 is 0.471 bits per heavy atom. The van der Waals surface area contributed by atoms with E-state index in [1.165, 1.54) is 116 Å². The predicted molar refractivity (Wildman–Crippen MR) is 356 cm³/mol. The second-order valence-electron chi connectivity index (χ2n) is 23.2. The van der Waals surface area contributed by atoms with Crippen LogP contribution < -0.4 is 5.32 Å². The highest BCUT2D eigenvalue weighted by molar-refractivity contribution is 5.80. The summed E-state index contributed by atoms with van der Waals surface area (Å²) in [6, 6.07) is -1.06. The van der Waals surface area contributed by atoms with Crippen LogP contribution in [0.1, 0.15) is 271 Å². The van der Waals surface area contributed by atoms with Crippen molar-refractivity contribution >= 4 is 11.9 Å². The largest absolute Gasteiger partial charge is 0.454 e. The summed E-state index contributed by atoms with van der Waals surface area (Å²) in [6.07, 6.45) is 73.8. The lowest BCUT2D eigenvalue weighted by Crippen LogP contribution is -2.61. The van der Waals surface area contributed by atoms with Gasteiger partial charge in [0, 0.05) is 6.42 Å². The fourth-order valence-electron chi connectivity index (χ4n) is 9.96. The monoisotopic (exact) mass is 1190 g/mol. The van der Waals surface area contributed by atoms with Gasteiger partial charge in [-0.15, -0.1) is 0 Å². The van der Waals surface area contributed by atoms with Crippen LogP contribution in [0.2, 0.25) is 0 Å². The molecular weight excluding hydrogens is 1060 g/mol. The number of esters is 1. The Labute approximate surface area is 519 Å². The van der Waals surface area contributed by atoms with E-state index in [0.29, 0.717) is 19.3 Å². The number of ether oxygens (including phenoxy) is 3. The quantitative estimate of drug-likeness (QED) is 0.0195. The molecule has 6 N–H and O–H groups in total. The number of unbranched alkanes of at least 4 members (excludes halogenated alkanes) is 25. The summed E-state index contributed by atoms with van der Waals surface area (Å²) in [5, 5.41) is 57.1. The van der Waals surface area contributed by atoms with Crippen molar-refractivity contribution in [2.45, 2.75) is 320 Å². The molecule has 1 rings (SSSR count). The standard InChI is InChI=1S/C74H125NO10/c1-4-7-10-13-16-19-22-24-26-28-30-32-33-34-35-36-38-40-42-44-47-50-53-56-59-62-69(79)85-72-71(81)70(80)68(63-76)84-74(72)83-64-65(66(77)60-57-54-51-48-45-21-18-15-12-9-6-3)75-73(82)67(78)61-58-55-52-49-46-43-41-39-37-31-29-27-25-23-20-17-14-11-8-5-2/h8,11,16-17,19-20,24-27,30-32,37,41,43,49,52,57,60,65-68,70-72,74,76-78,80-81H,4-7,9-10,12-15,18,21-23,28-29,33-36,38-40,42,44-48,50-51,53-56,58-59,61-64H2,1-3H3,(H,75,82)/b11-8-,19-16-,20-17-,26-24-,27-25-,32-30-,37-31-,43-41-,52-49-,60-57+. The molecule has 0 aromatic carbocycles. The molecule has 0 aromatic heterocycles. The first kappa shape index (κ1) is 79.1. The second kappa shape index (κ2) is 60.3. The molecule has 1 amide bonds. The highest BCUT2D eigenvalue weighted by Gasteiger charge is 2.47. The van der Waals surface area contributed by atoms with Crippen LogP contribution in [-0.2, 0) is 23.8 Å². The van der Waals surface area contributed by atoms with Gasteiger partial charge >= 0.3 is 5.97 Å². The Hall–Kier alpha value is -3.94. The van der Waals surface area contributed by atoms with Gasteiger partial charge in [-0.05, 0) is 116 Å². The van der Waals surface area contributed by atoms with Gasteiger partial charge in [0.25, 0.3) is 0 Å². The molecule has 1 fully saturated rings. The molecular formula is C74H125NO10. The molecule has 0 saturated carbocycles. The molecule has 486 valence electrons. The van der Waals surface area contributed by atoms with Gasteiger partial charge in [-0.2, -0.15) is 0 Å². The number of carbonyl (C=O) groups is 2. The summed E-state index contributed by atoms with van der Waals surface area (Å²) < 4.78 is 17.6. The number of carbonyl (C=O) groups excluding carboxylic acids is 2. The van der Waals surface area contributed by atoms with Crippen molar-refractivity contribution < 1.29 is 49.3 Å². The summed E-state index contributed by atoms with van der Waals surface area (Å²) in [5.74, 6) is -1.25. The SMILES string of the molecule is CC/C=C\C/C=C\C/C=C\C/C=C\C/C=C\C/C=C\CCCC(O)C(=O)NC(COC1OC(CO)C(O)C(O)C1OC(=O)CCCCCCCCCCCCCC/C=C\C/C=C\C/C=C\CCCCC)C(O)/C=C/CCCCCCCCCCC. The average Bonchev–Trinajstić information content (AvgIpc) is 3.60. The van der Waals surface area contributed by atoms with Crippen LogP contribution in [0.5, 0.6) is 0 Å². The van der Waals surface area contributed by atoms with E-state index in [1.54, 1.807) is 6.08 Å². The first-order valence-electron chi connectivity index (χ1n) is 34.3. The fourth-order valence-corrected chi connectivity index (χ4v) is 9.96. The van der Waals surface area contributed by atoms with Crippen LogP contribution in [0.4, 0.5) is 0 Å². The van der Waals surface area contributed by atoms with E-state index >= 15 is 0 Å². The number of aliphatic hydroxyl groups excluding tert-OH is 5. The van der Waals surface area contributed by atoms with E-state index in [9.17, 15) is 35.1 Å². The van der Waals surface area contributed by atoms with Gasteiger partial charge in [0.1, 0.15) is 24.4 Å². The second-order valence-corrected chi connectivity index (χ2v) is 23.2. The van der Waals surface area contributed by atoms with Crippen LogP contribution in [0.25, 0.3) is 0 Å². The first-order chi connectivity index (χ1) is 41.7. The van der Waals surface area contributed by atoms with Crippen molar-refractivity contribution in [2.75, 3.05) is 13.2 Å². The highest BCUT2D eigenvalue weighted by atomic mass is 16.7. The maximum absolute atomic E-state index is 13.4. The molecule has 0 radical (unpaired) electrons. The number of hydrogen-bond donors (Lipinski definition) is 6. The number of allylic oxidation sites excluding steroid dienone is 19. The maximum Gasteiger partial charge on any atom is 0.306 e. The lowest BCUT2D eigenvalue weighted by atomic mass is 9.99. The maximum atomic E-state index is 13.4. The smallest absolute Gasteiger partial charge is 0.306 e. The Kier molecular flexibility index (Phi) is 56.1. The van der Waals surface area contributed by atoms with E-state index in [4.69, 9.17) is 14.2 Å². The summed E-state index contributed by atoms with van der Waals surface area (Å²) in [7, 11) is 0. The van der Waals surface area contributed by atoms with Gasteiger partial charge in [0.2, 0.25) is 5.91 Å². The molecule has 8 atom stereocenters. The Balaban J connectivity index is 2.61. The van der Waals surface area contributed by atoms with Crippen molar-refractivity contribution in [3.05, 3.63) is 122 Å². The molecule has 85 heavy (non-hydrogen) atoms. The van der Waals surface area contributed by atoms with Crippen molar-refractivity contribution in [2.24, 2.45) is 0 Å². The minimum Gasteiger partial charge on any atom is -0.454 e. The zero-order chi connectivity index (χ0) is 61.7. The summed E-state index contributed by atoms with van der Waals surface area (Å²) >= 11 is 0.